The van der Waals surface area contributed by atoms with E-state index >= 15 is 0 Å². The highest BCUT2D eigenvalue weighted by molar-refractivity contribution is 5.91. The average Bonchev–Trinajstić information content (AvgIpc) is 2.78. The molecule has 0 aliphatic heterocycles. The van der Waals surface area contributed by atoms with E-state index in [-0.39, 0.29) is 17.1 Å². The monoisotopic (exact) mass is 342 g/mol. The lowest BCUT2D eigenvalue weighted by Gasteiger charge is -2.63. The molecule has 7 atom stereocenters. The Morgan fingerprint density at radius 3 is 2.56 bits per heavy atom. The number of aliphatic hydroxyl groups is 2. The van der Waals surface area contributed by atoms with Crippen molar-refractivity contribution in [2.75, 3.05) is 0 Å². The van der Waals surface area contributed by atoms with Crippen LogP contribution in [0, 0.1) is 40.9 Å². The van der Waals surface area contributed by atoms with Gasteiger partial charge in [-0.3, -0.25) is 4.79 Å². The second-order valence-corrected chi connectivity index (χ2v) is 9.83. The SMILES string of the molecule is C#C[C@]1(O)CCC2C3CCC4=CC(=O)CCC4(C)C3C(C)(O)CC21C. The molecule has 0 aromatic rings. The van der Waals surface area contributed by atoms with Gasteiger partial charge in [0, 0.05) is 11.8 Å². The minimum atomic E-state index is -1.12. The summed E-state index contributed by atoms with van der Waals surface area (Å²) >= 11 is 0. The van der Waals surface area contributed by atoms with Gasteiger partial charge >= 0.3 is 0 Å². The molecule has 0 amide bonds. The van der Waals surface area contributed by atoms with E-state index in [4.69, 9.17) is 6.42 Å². The number of fused-ring (bicyclic) bond motifs is 5. The van der Waals surface area contributed by atoms with E-state index in [0.29, 0.717) is 31.1 Å². The van der Waals surface area contributed by atoms with E-state index in [9.17, 15) is 15.0 Å². The van der Waals surface area contributed by atoms with Crippen LogP contribution in [0.25, 0.3) is 0 Å². The quantitative estimate of drug-likeness (QED) is 0.665. The smallest absolute Gasteiger partial charge is 0.155 e. The zero-order valence-electron chi connectivity index (χ0n) is 15.6. The summed E-state index contributed by atoms with van der Waals surface area (Å²) in [6.45, 7) is 6.28. The van der Waals surface area contributed by atoms with Gasteiger partial charge in [-0.25, -0.2) is 0 Å². The van der Waals surface area contributed by atoms with Gasteiger partial charge in [0.1, 0.15) is 5.60 Å². The van der Waals surface area contributed by atoms with Gasteiger partial charge in [0.2, 0.25) is 0 Å². The van der Waals surface area contributed by atoms with Crippen molar-refractivity contribution in [1.82, 2.24) is 0 Å². The van der Waals surface area contributed by atoms with Crippen LogP contribution in [0.5, 0.6) is 0 Å². The first-order valence-corrected chi connectivity index (χ1v) is 9.74. The number of terminal acetylenes is 1. The molecule has 6 unspecified atom stereocenters. The third-order valence-electron chi connectivity index (χ3n) is 8.55. The second-order valence-electron chi connectivity index (χ2n) is 9.83. The van der Waals surface area contributed by atoms with E-state index in [0.717, 1.165) is 25.7 Å². The van der Waals surface area contributed by atoms with Crippen LogP contribution in [-0.4, -0.2) is 27.2 Å². The summed E-state index contributed by atoms with van der Waals surface area (Å²) in [7, 11) is 0. The maximum Gasteiger partial charge on any atom is 0.155 e. The topological polar surface area (TPSA) is 57.5 Å². The van der Waals surface area contributed by atoms with Crippen molar-refractivity contribution >= 4 is 5.78 Å². The molecular weight excluding hydrogens is 312 g/mol. The Balaban J connectivity index is 1.81. The standard InChI is InChI=1S/C22H30O3/c1-5-22(25)11-9-17-16-7-6-14-12-15(23)8-10-19(14,2)18(16)21(4,24)13-20(17,22)3/h1,12,16-18,24-25H,6-11,13H2,2-4H3/t16?,17?,18?,19?,20?,21?,22-/m0/s1. The molecule has 0 bridgehead atoms. The molecule has 0 saturated heterocycles. The van der Waals surface area contributed by atoms with Crippen LogP contribution in [-0.2, 0) is 4.79 Å². The fourth-order valence-electron chi connectivity index (χ4n) is 7.56. The number of allylic oxidation sites excluding steroid dienone is 1. The number of hydrogen-bond acceptors (Lipinski definition) is 3. The molecule has 3 heteroatoms. The predicted octanol–water partition coefficient (Wildman–Crippen LogP) is 3.24. The number of rotatable bonds is 0. The normalized spacial score (nSPS) is 54.8. The highest BCUT2D eigenvalue weighted by atomic mass is 16.3. The summed E-state index contributed by atoms with van der Waals surface area (Å²) in [4.78, 5) is 11.9. The maximum atomic E-state index is 11.9. The second kappa shape index (κ2) is 4.99. The summed E-state index contributed by atoms with van der Waals surface area (Å²) in [5.41, 5.74) is -1.32. The van der Waals surface area contributed by atoms with Gasteiger partial charge in [0.25, 0.3) is 0 Å². The third-order valence-corrected chi connectivity index (χ3v) is 8.55. The van der Waals surface area contributed by atoms with Crippen LogP contribution in [0.1, 0.15) is 65.7 Å². The number of carbonyl (C=O) groups is 1. The van der Waals surface area contributed by atoms with E-state index in [2.05, 4.69) is 19.8 Å². The van der Waals surface area contributed by atoms with Crippen molar-refractivity contribution < 1.29 is 15.0 Å². The summed E-state index contributed by atoms with van der Waals surface area (Å²) in [6, 6.07) is 0. The number of carbonyl (C=O) groups excluding carboxylic acids is 1. The van der Waals surface area contributed by atoms with Gasteiger partial charge in [0.05, 0.1) is 5.60 Å². The molecular formula is C22H30O3. The van der Waals surface area contributed by atoms with E-state index in [1.54, 1.807) is 0 Å². The molecule has 4 aliphatic rings. The fraction of sp³-hybridized carbons (Fsp3) is 0.773. The minimum Gasteiger partial charge on any atom is -0.390 e. The van der Waals surface area contributed by atoms with Crippen molar-refractivity contribution in [3.63, 3.8) is 0 Å². The maximum absolute atomic E-state index is 11.9. The Bertz CT molecular complexity index is 699. The van der Waals surface area contributed by atoms with Crippen molar-refractivity contribution in [2.45, 2.75) is 76.9 Å². The summed E-state index contributed by atoms with van der Waals surface area (Å²) in [6.07, 6.45) is 13.0. The Morgan fingerprint density at radius 1 is 1.16 bits per heavy atom. The zero-order chi connectivity index (χ0) is 18.3. The van der Waals surface area contributed by atoms with Crippen LogP contribution in [0.15, 0.2) is 11.6 Å². The molecule has 25 heavy (non-hydrogen) atoms. The van der Waals surface area contributed by atoms with Crippen LogP contribution >= 0.6 is 0 Å². The van der Waals surface area contributed by atoms with Crippen LogP contribution in [0.4, 0.5) is 0 Å². The van der Waals surface area contributed by atoms with Crippen molar-refractivity contribution in [2.24, 2.45) is 28.6 Å². The van der Waals surface area contributed by atoms with Crippen molar-refractivity contribution in [3.8, 4) is 12.3 Å². The van der Waals surface area contributed by atoms with Gasteiger partial charge < -0.3 is 10.2 Å². The predicted molar refractivity (Wildman–Crippen MR) is 96.5 cm³/mol. The van der Waals surface area contributed by atoms with Crippen molar-refractivity contribution in [1.29, 1.82) is 0 Å². The molecule has 0 spiro atoms. The Kier molecular flexibility index (Phi) is 3.45. The van der Waals surface area contributed by atoms with E-state index in [1.807, 2.05) is 13.0 Å². The highest BCUT2D eigenvalue weighted by Crippen LogP contribution is 2.69. The molecule has 0 heterocycles. The average molecular weight is 342 g/mol. The first kappa shape index (κ1) is 17.3. The lowest BCUT2D eigenvalue weighted by molar-refractivity contribution is -0.200. The molecule has 136 valence electrons. The summed E-state index contributed by atoms with van der Waals surface area (Å²) in [5.74, 6) is 3.73. The van der Waals surface area contributed by atoms with Crippen LogP contribution in [0.3, 0.4) is 0 Å². The molecule has 3 fully saturated rings. The largest absolute Gasteiger partial charge is 0.390 e. The molecule has 0 aromatic heterocycles. The Labute approximate surface area is 150 Å². The van der Waals surface area contributed by atoms with Gasteiger partial charge in [0.15, 0.2) is 5.78 Å². The minimum absolute atomic E-state index is 0.113. The molecule has 0 aromatic carbocycles. The Hall–Kier alpha value is -1.11. The summed E-state index contributed by atoms with van der Waals surface area (Å²) in [5, 5.41) is 22.7. The third kappa shape index (κ3) is 2.04. The Morgan fingerprint density at radius 2 is 1.88 bits per heavy atom. The molecule has 3 saturated carbocycles. The molecule has 2 N–H and O–H groups in total. The molecule has 3 nitrogen and oxygen atoms in total. The highest BCUT2D eigenvalue weighted by Gasteiger charge is 2.68. The van der Waals surface area contributed by atoms with Gasteiger partial charge in [-0.05, 0) is 74.7 Å². The molecule has 4 rings (SSSR count). The summed E-state index contributed by atoms with van der Waals surface area (Å²) < 4.78 is 0. The van der Waals surface area contributed by atoms with E-state index < -0.39 is 16.6 Å². The van der Waals surface area contributed by atoms with Crippen LogP contribution < -0.4 is 0 Å². The van der Waals surface area contributed by atoms with Crippen LogP contribution in [0.2, 0.25) is 0 Å². The number of hydrogen-bond donors (Lipinski definition) is 2. The first-order chi connectivity index (χ1) is 11.6. The van der Waals surface area contributed by atoms with Gasteiger partial charge in [-0.2, -0.15) is 0 Å². The van der Waals surface area contributed by atoms with Crippen molar-refractivity contribution in [3.05, 3.63) is 11.6 Å². The number of ketones is 1. The first-order valence-electron chi connectivity index (χ1n) is 9.74. The van der Waals surface area contributed by atoms with Gasteiger partial charge in [-0.15, -0.1) is 6.42 Å². The molecule has 0 radical (unpaired) electrons. The lowest BCUT2D eigenvalue weighted by Crippen LogP contribution is -2.64. The van der Waals surface area contributed by atoms with Gasteiger partial charge in [-0.1, -0.05) is 25.3 Å². The van der Waals surface area contributed by atoms with E-state index in [1.165, 1.54) is 5.57 Å². The molecule has 4 aliphatic carbocycles. The lowest BCUT2D eigenvalue weighted by atomic mass is 9.42. The zero-order valence-corrected chi connectivity index (χ0v) is 15.6. The fourth-order valence-corrected chi connectivity index (χ4v) is 7.56.